The van der Waals surface area contributed by atoms with Crippen molar-refractivity contribution < 1.29 is 14.3 Å². The van der Waals surface area contributed by atoms with Crippen molar-refractivity contribution in [2.24, 2.45) is 5.73 Å². The highest BCUT2D eigenvalue weighted by molar-refractivity contribution is 6.00. The van der Waals surface area contributed by atoms with Crippen LogP contribution in [0.1, 0.15) is 43.7 Å². The lowest BCUT2D eigenvalue weighted by atomic mass is 9.79. The predicted octanol–water partition coefficient (Wildman–Crippen LogP) is 6.54. The molecule has 5 nitrogen and oxygen atoms in total. The second kappa shape index (κ2) is 9.47. The van der Waals surface area contributed by atoms with Crippen LogP contribution in [0.2, 0.25) is 0 Å². The van der Waals surface area contributed by atoms with Crippen LogP contribution in [0.25, 0.3) is 22.8 Å². The van der Waals surface area contributed by atoms with Gasteiger partial charge in [0.2, 0.25) is 12.7 Å². The number of carbonyl (C=O) groups is 1. The lowest BCUT2D eigenvalue weighted by molar-refractivity contribution is 0.1000. The number of fused-ring (bicyclic) bond motifs is 5. The Balaban J connectivity index is 1.35. The number of nitrogens with one attached hydrogen (secondary N) is 1. The molecule has 3 N–H and O–H groups in total. The molecule has 8 rings (SSSR count). The molecule has 204 valence electrons. The number of amides is 1. The molecule has 1 aliphatic heterocycles. The van der Waals surface area contributed by atoms with Crippen LogP contribution in [-0.2, 0) is 12.0 Å². The van der Waals surface area contributed by atoms with Gasteiger partial charge in [-0.15, -0.1) is 0 Å². The van der Waals surface area contributed by atoms with Crippen LogP contribution < -0.4 is 20.5 Å². The Kier molecular flexibility index (Phi) is 5.56. The first-order valence-corrected chi connectivity index (χ1v) is 14.2. The molecule has 1 unspecified atom stereocenters. The maximum absolute atomic E-state index is 12.4. The van der Waals surface area contributed by atoms with E-state index in [2.05, 4.69) is 102 Å². The highest BCUT2D eigenvalue weighted by Crippen LogP contribution is 2.52. The summed E-state index contributed by atoms with van der Waals surface area (Å²) in [7, 11) is 0. The molecular formula is C37H28N2O3. The van der Waals surface area contributed by atoms with Crippen molar-refractivity contribution >= 4 is 17.6 Å². The third-order valence-electron chi connectivity index (χ3n) is 8.80. The lowest BCUT2D eigenvalue weighted by Gasteiger charge is -2.37. The van der Waals surface area contributed by atoms with E-state index in [1.807, 2.05) is 18.2 Å². The van der Waals surface area contributed by atoms with E-state index in [1.165, 1.54) is 33.4 Å². The summed E-state index contributed by atoms with van der Waals surface area (Å²) < 4.78 is 11.5. The lowest BCUT2D eigenvalue weighted by Crippen LogP contribution is -2.48. The first-order chi connectivity index (χ1) is 20.6. The summed E-state index contributed by atoms with van der Waals surface area (Å²) in [6, 6.07) is 39.6. The van der Waals surface area contributed by atoms with Crippen LogP contribution in [0.15, 0.2) is 115 Å². The van der Waals surface area contributed by atoms with Crippen molar-refractivity contribution in [1.29, 1.82) is 0 Å². The van der Waals surface area contributed by atoms with Crippen LogP contribution in [0.5, 0.6) is 11.5 Å². The molecule has 0 bridgehead atoms. The summed E-state index contributed by atoms with van der Waals surface area (Å²) in [6.07, 6.45) is 2.85. The highest BCUT2D eigenvalue weighted by Gasteiger charge is 2.47. The normalized spacial score (nSPS) is 18.0. The number of benzene rings is 5. The monoisotopic (exact) mass is 548 g/mol. The number of ether oxygens (including phenoxy) is 2. The minimum absolute atomic E-state index is 0.0946. The quantitative estimate of drug-likeness (QED) is 0.262. The van der Waals surface area contributed by atoms with Crippen molar-refractivity contribution in [3.05, 3.63) is 154 Å². The number of hydrogen-bond donors (Lipinski definition) is 2. The third-order valence-corrected chi connectivity index (χ3v) is 8.80. The largest absolute Gasteiger partial charge is 0.454 e. The number of nitrogens with two attached hydrogens (primary N) is 1. The Bertz CT molecular complexity index is 1860. The smallest absolute Gasteiger partial charge is 0.249 e. The summed E-state index contributed by atoms with van der Waals surface area (Å²) in [6.45, 7) is 0.216. The fourth-order valence-electron chi connectivity index (χ4n) is 7.00. The van der Waals surface area contributed by atoms with Gasteiger partial charge < -0.3 is 15.2 Å². The minimum Gasteiger partial charge on any atom is -0.454 e. The first kappa shape index (κ1) is 24.6. The van der Waals surface area contributed by atoms with E-state index in [0.717, 1.165) is 34.6 Å². The number of primary amides is 1. The summed E-state index contributed by atoms with van der Waals surface area (Å²) >= 11 is 0. The fourth-order valence-corrected chi connectivity index (χ4v) is 7.00. The van der Waals surface area contributed by atoms with Gasteiger partial charge in [-0.05, 0) is 80.8 Å². The molecule has 5 heteroatoms. The van der Waals surface area contributed by atoms with Crippen LogP contribution >= 0.6 is 0 Å². The Hall–Kier alpha value is -5.13. The molecule has 5 aromatic carbocycles. The van der Waals surface area contributed by atoms with Gasteiger partial charge in [0, 0.05) is 11.6 Å². The van der Waals surface area contributed by atoms with Gasteiger partial charge in [0.25, 0.3) is 0 Å². The van der Waals surface area contributed by atoms with Gasteiger partial charge in [-0.3, -0.25) is 10.1 Å². The van der Waals surface area contributed by atoms with E-state index in [4.69, 9.17) is 15.2 Å². The van der Waals surface area contributed by atoms with Crippen LogP contribution in [0.3, 0.4) is 0 Å². The molecular weight excluding hydrogens is 520 g/mol. The van der Waals surface area contributed by atoms with E-state index in [9.17, 15) is 4.79 Å². The van der Waals surface area contributed by atoms with Gasteiger partial charge in [-0.2, -0.15) is 0 Å². The van der Waals surface area contributed by atoms with E-state index >= 15 is 0 Å². The molecule has 0 saturated heterocycles. The zero-order chi connectivity index (χ0) is 28.3. The van der Waals surface area contributed by atoms with Gasteiger partial charge in [-0.1, -0.05) is 97.1 Å². The summed E-state index contributed by atoms with van der Waals surface area (Å²) in [4.78, 5) is 12.4. The molecule has 1 heterocycles. The summed E-state index contributed by atoms with van der Waals surface area (Å²) in [5.74, 6) is 1.05. The van der Waals surface area contributed by atoms with Crippen molar-refractivity contribution in [1.82, 2.24) is 5.32 Å². The summed E-state index contributed by atoms with van der Waals surface area (Å²) in [5, 5.41) is 4.19. The third kappa shape index (κ3) is 3.64. The van der Waals surface area contributed by atoms with Gasteiger partial charge in [-0.25, -0.2) is 0 Å². The average Bonchev–Trinajstić information content (AvgIpc) is 3.70. The highest BCUT2D eigenvalue weighted by atomic mass is 16.7. The molecule has 0 fully saturated rings. The Morgan fingerprint density at radius 3 is 2.10 bits per heavy atom. The maximum atomic E-state index is 12.4. The molecule has 2 aliphatic carbocycles. The fraction of sp³-hybridized carbons (Fsp3) is 0.108. The van der Waals surface area contributed by atoms with Crippen LogP contribution in [0, 0.1) is 0 Å². The molecule has 0 aromatic heterocycles. The minimum atomic E-state index is -0.598. The Morgan fingerprint density at radius 1 is 0.762 bits per heavy atom. The van der Waals surface area contributed by atoms with E-state index in [1.54, 1.807) is 6.07 Å². The molecule has 42 heavy (non-hydrogen) atoms. The van der Waals surface area contributed by atoms with Crippen LogP contribution in [0.4, 0.5) is 0 Å². The molecule has 0 saturated carbocycles. The topological polar surface area (TPSA) is 73.6 Å². The van der Waals surface area contributed by atoms with Crippen molar-refractivity contribution in [3.8, 4) is 22.6 Å². The number of carbonyl (C=O) groups excluding carboxylic acids is 1. The SMILES string of the molecule is NC(=O)c1ccccc1/C=C1/c2cc3c(cc2CC1NC1(c2ccccc2)c2ccccc2-c2ccccc21)OCO3. The Morgan fingerprint density at radius 2 is 1.38 bits per heavy atom. The van der Waals surface area contributed by atoms with Gasteiger partial charge in [0.1, 0.15) is 0 Å². The van der Waals surface area contributed by atoms with E-state index in [-0.39, 0.29) is 12.8 Å². The van der Waals surface area contributed by atoms with Crippen molar-refractivity contribution in [2.75, 3.05) is 6.79 Å². The molecule has 5 aromatic rings. The van der Waals surface area contributed by atoms with E-state index < -0.39 is 11.4 Å². The molecule has 1 atom stereocenters. The standard InChI is InChI=1S/C37H28N2O3/c38-36(40)26-13-5-4-10-23(26)18-30-29-21-35-34(41-22-42-35)20-24(29)19-33(30)39-37(25-11-2-1-3-12-25)31-16-8-6-14-27(31)28-15-7-9-17-32(28)37/h1-18,20-21,33,39H,19,22H2,(H2,38,40)/b30-18-. The summed E-state index contributed by atoms with van der Waals surface area (Å²) in [5.41, 5.74) is 15.9. The van der Waals surface area contributed by atoms with Crippen LogP contribution in [-0.4, -0.2) is 18.7 Å². The molecule has 3 aliphatic rings. The van der Waals surface area contributed by atoms with Gasteiger partial charge in [0.05, 0.1) is 5.54 Å². The number of hydrogen-bond acceptors (Lipinski definition) is 4. The zero-order valence-electron chi connectivity index (χ0n) is 22.8. The maximum Gasteiger partial charge on any atom is 0.249 e. The second-order valence-corrected chi connectivity index (χ2v) is 11.0. The average molecular weight is 549 g/mol. The van der Waals surface area contributed by atoms with E-state index in [0.29, 0.717) is 5.56 Å². The first-order valence-electron chi connectivity index (χ1n) is 14.2. The molecule has 1 amide bonds. The second-order valence-electron chi connectivity index (χ2n) is 11.0. The predicted molar refractivity (Wildman–Crippen MR) is 164 cm³/mol. The number of rotatable bonds is 5. The zero-order valence-corrected chi connectivity index (χ0v) is 22.8. The molecule has 0 spiro atoms. The van der Waals surface area contributed by atoms with Crippen molar-refractivity contribution in [2.45, 2.75) is 18.0 Å². The van der Waals surface area contributed by atoms with Gasteiger partial charge in [0.15, 0.2) is 11.5 Å². The van der Waals surface area contributed by atoms with Crippen molar-refractivity contribution in [3.63, 3.8) is 0 Å². The van der Waals surface area contributed by atoms with Gasteiger partial charge >= 0.3 is 0 Å². The Labute approximate surface area is 244 Å². The molecule has 0 radical (unpaired) electrons.